The molecule has 1 aliphatic heterocycles. The van der Waals surface area contributed by atoms with Crippen LogP contribution in [0.2, 0.25) is 0 Å². The number of nitrogens with zero attached hydrogens (tertiary/aromatic N) is 5. The van der Waals surface area contributed by atoms with Crippen molar-refractivity contribution in [2.75, 3.05) is 23.3 Å². The number of hydrogen-bond donors (Lipinski definition) is 2. The van der Waals surface area contributed by atoms with E-state index in [9.17, 15) is 9.90 Å². The van der Waals surface area contributed by atoms with Crippen molar-refractivity contribution in [2.24, 2.45) is 0 Å². The molecule has 0 unspecified atom stereocenters. The smallest absolute Gasteiger partial charge is 0.230 e. The summed E-state index contributed by atoms with van der Waals surface area (Å²) in [5.74, 6) is 0.270. The van der Waals surface area contributed by atoms with Gasteiger partial charge < -0.3 is 19.7 Å². The van der Waals surface area contributed by atoms with Crippen molar-refractivity contribution in [2.45, 2.75) is 39.3 Å². The number of pyridine rings is 1. The van der Waals surface area contributed by atoms with Gasteiger partial charge in [0.15, 0.2) is 0 Å². The fraction of sp³-hybridized carbons (Fsp3) is 0.333. The number of aliphatic hydroxyl groups excluding tert-OH is 1. The minimum absolute atomic E-state index is 0.0840. The van der Waals surface area contributed by atoms with Gasteiger partial charge in [0.1, 0.15) is 6.26 Å². The lowest BCUT2D eigenvalue weighted by atomic mass is 10.1. The minimum Gasteiger partial charge on any atom is -0.444 e. The van der Waals surface area contributed by atoms with E-state index in [4.69, 9.17) is 4.42 Å². The highest BCUT2D eigenvalue weighted by Gasteiger charge is 2.24. The molecule has 5 rings (SSSR count). The van der Waals surface area contributed by atoms with Crippen LogP contribution in [0.5, 0.6) is 0 Å². The molecule has 9 heteroatoms. The van der Waals surface area contributed by atoms with Gasteiger partial charge in [0.2, 0.25) is 11.8 Å². The Balaban J connectivity index is 1.39. The second-order valence-electron chi connectivity index (χ2n) is 8.33. The number of hydrogen-bond acceptors (Lipinski definition) is 7. The largest absolute Gasteiger partial charge is 0.444 e. The summed E-state index contributed by atoms with van der Waals surface area (Å²) in [7, 11) is 0. The number of rotatable bonds is 6. The number of fused-ring (bicyclic) bond motifs is 1. The predicted molar refractivity (Wildman–Crippen MR) is 125 cm³/mol. The summed E-state index contributed by atoms with van der Waals surface area (Å²) < 4.78 is 7.48. The number of nitrogens with one attached hydrogen (secondary N) is 1. The number of β-amino-alcohol motifs (C(OH)–C–C–N with tert-alkyl or cyclic N) is 1. The van der Waals surface area contributed by atoms with E-state index in [2.05, 4.69) is 25.3 Å². The summed E-state index contributed by atoms with van der Waals surface area (Å²) in [6, 6.07) is 7.70. The molecule has 0 aliphatic carbocycles. The Morgan fingerprint density at radius 2 is 2.21 bits per heavy atom. The van der Waals surface area contributed by atoms with E-state index in [1.807, 2.05) is 49.0 Å². The van der Waals surface area contributed by atoms with Crippen LogP contribution in [-0.2, 0) is 17.8 Å². The average Bonchev–Trinajstić information content (AvgIpc) is 3.53. The molecule has 9 nitrogen and oxygen atoms in total. The Labute approximate surface area is 191 Å². The van der Waals surface area contributed by atoms with Crippen molar-refractivity contribution in [1.29, 1.82) is 0 Å². The van der Waals surface area contributed by atoms with Crippen LogP contribution in [0.3, 0.4) is 0 Å². The number of carbonyl (C=O) groups is 1. The first-order valence-electron chi connectivity index (χ1n) is 11.1. The molecule has 0 radical (unpaired) electrons. The summed E-state index contributed by atoms with van der Waals surface area (Å²) in [6.07, 6.45) is 5.47. The first kappa shape index (κ1) is 21.1. The maximum atomic E-state index is 12.9. The zero-order valence-electron chi connectivity index (χ0n) is 18.7. The quantitative estimate of drug-likeness (QED) is 0.468. The minimum atomic E-state index is -0.368. The molecule has 4 aromatic rings. The summed E-state index contributed by atoms with van der Waals surface area (Å²) >= 11 is 0. The van der Waals surface area contributed by atoms with Gasteiger partial charge in [-0.1, -0.05) is 0 Å². The Bertz CT molecular complexity index is 1310. The van der Waals surface area contributed by atoms with Crippen LogP contribution >= 0.6 is 0 Å². The number of aryl methyl sites for hydroxylation is 2. The summed E-state index contributed by atoms with van der Waals surface area (Å²) in [5.41, 5.74) is 4.78. The molecule has 1 saturated heterocycles. The van der Waals surface area contributed by atoms with Crippen molar-refractivity contribution in [3.05, 3.63) is 54.3 Å². The zero-order chi connectivity index (χ0) is 22.9. The van der Waals surface area contributed by atoms with Crippen molar-refractivity contribution < 1.29 is 14.3 Å². The number of carbonyl (C=O) groups excluding carboxylic acids is 1. The molecule has 0 spiro atoms. The van der Waals surface area contributed by atoms with Gasteiger partial charge in [-0.05, 0) is 44.5 Å². The number of amides is 1. The Hall–Kier alpha value is -3.72. The number of oxazole rings is 1. The van der Waals surface area contributed by atoms with E-state index < -0.39 is 0 Å². The Morgan fingerprint density at radius 3 is 2.97 bits per heavy atom. The van der Waals surface area contributed by atoms with Crippen LogP contribution in [0.15, 0.2) is 47.3 Å². The summed E-state index contributed by atoms with van der Waals surface area (Å²) in [6.45, 7) is 5.93. The molecule has 1 aromatic carbocycles. The van der Waals surface area contributed by atoms with Crippen LogP contribution < -0.4 is 10.2 Å². The standard InChI is InChI=1S/C24H26N6O3/c1-3-30-21-11-20(22(9-17(21)12-26-30)29-7-5-19(31)13-29)28-23(32)10-18-14-33-24(27-18)16-4-6-25-15(2)8-16/h4,6,8-9,11-12,14,19,31H,3,5,7,10,13H2,1-2H3,(H,28,32)/t19-/m0/s1. The van der Waals surface area contributed by atoms with Gasteiger partial charge in [0.25, 0.3) is 0 Å². The Kier molecular flexibility index (Phi) is 5.55. The molecule has 3 aromatic heterocycles. The first-order valence-corrected chi connectivity index (χ1v) is 11.1. The molecule has 4 heterocycles. The first-order chi connectivity index (χ1) is 16.0. The van der Waals surface area contributed by atoms with E-state index in [0.717, 1.165) is 40.9 Å². The average molecular weight is 447 g/mol. The van der Waals surface area contributed by atoms with E-state index in [-0.39, 0.29) is 18.4 Å². The maximum Gasteiger partial charge on any atom is 0.230 e. The van der Waals surface area contributed by atoms with Gasteiger partial charge in [-0.25, -0.2) is 4.98 Å². The molecule has 1 amide bonds. The number of anilines is 2. The van der Waals surface area contributed by atoms with E-state index in [0.29, 0.717) is 30.2 Å². The number of aliphatic hydroxyl groups is 1. The highest BCUT2D eigenvalue weighted by atomic mass is 16.3. The Morgan fingerprint density at radius 1 is 1.33 bits per heavy atom. The SMILES string of the molecule is CCn1ncc2cc(N3CC[C@H](O)C3)c(NC(=O)Cc3coc(-c4ccnc(C)c4)n3)cc21. The molecular formula is C24H26N6O3. The highest BCUT2D eigenvalue weighted by Crippen LogP contribution is 2.34. The maximum absolute atomic E-state index is 12.9. The fourth-order valence-corrected chi connectivity index (χ4v) is 4.25. The molecular weight excluding hydrogens is 420 g/mol. The molecule has 1 fully saturated rings. The van der Waals surface area contributed by atoms with Crippen LogP contribution in [0, 0.1) is 6.92 Å². The third-order valence-corrected chi connectivity index (χ3v) is 5.87. The second-order valence-corrected chi connectivity index (χ2v) is 8.33. The number of aromatic nitrogens is 4. The lowest BCUT2D eigenvalue weighted by Crippen LogP contribution is -2.24. The third-order valence-electron chi connectivity index (χ3n) is 5.87. The molecule has 0 saturated carbocycles. The molecule has 2 N–H and O–H groups in total. The topological polar surface area (TPSA) is 109 Å². The lowest BCUT2D eigenvalue weighted by molar-refractivity contribution is -0.115. The fourth-order valence-electron chi connectivity index (χ4n) is 4.25. The van der Waals surface area contributed by atoms with E-state index in [1.165, 1.54) is 6.26 Å². The number of benzene rings is 1. The normalized spacial score (nSPS) is 16.0. The third kappa shape index (κ3) is 4.31. The monoisotopic (exact) mass is 446 g/mol. The zero-order valence-corrected chi connectivity index (χ0v) is 18.7. The van der Waals surface area contributed by atoms with Crippen molar-refractivity contribution in [3.63, 3.8) is 0 Å². The molecule has 170 valence electrons. The van der Waals surface area contributed by atoms with Crippen molar-refractivity contribution in [3.8, 4) is 11.5 Å². The lowest BCUT2D eigenvalue weighted by Gasteiger charge is -2.22. The highest BCUT2D eigenvalue weighted by molar-refractivity contribution is 5.99. The molecule has 0 bridgehead atoms. The van der Waals surface area contributed by atoms with E-state index >= 15 is 0 Å². The molecule has 1 aliphatic rings. The summed E-state index contributed by atoms with van der Waals surface area (Å²) in [4.78, 5) is 23.7. The second kappa shape index (κ2) is 8.67. The predicted octanol–water partition coefficient (Wildman–Crippen LogP) is 3.17. The van der Waals surface area contributed by atoms with Gasteiger partial charge in [0, 0.05) is 42.5 Å². The van der Waals surface area contributed by atoms with Crippen LogP contribution in [-0.4, -0.2) is 50.0 Å². The van der Waals surface area contributed by atoms with Gasteiger partial charge in [0.05, 0.1) is 41.3 Å². The van der Waals surface area contributed by atoms with Crippen molar-refractivity contribution >= 4 is 28.2 Å². The van der Waals surface area contributed by atoms with Crippen molar-refractivity contribution in [1.82, 2.24) is 19.7 Å². The van der Waals surface area contributed by atoms with Gasteiger partial charge in [-0.3, -0.25) is 14.5 Å². The van der Waals surface area contributed by atoms with Gasteiger partial charge in [-0.2, -0.15) is 5.10 Å². The van der Waals surface area contributed by atoms with Crippen LogP contribution in [0.1, 0.15) is 24.7 Å². The van der Waals surface area contributed by atoms with Crippen LogP contribution in [0.4, 0.5) is 11.4 Å². The van der Waals surface area contributed by atoms with Crippen LogP contribution in [0.25, 0.3) is 22.4 Å². The molecule has 33 heavy (non-hydrogen) atoms. The van der Waals surface area contributed by atoms with Gasteiger partial charge in [-0.15, -0.1) is 0 Å². The van der Waals surface area contributed by atoms with E-state index in [1.54, 1.807) is 6.20 Å². The van der Waals surface area contributed by atoms with Gasteiger partial charge >= 0.3 is 0 Å². The molecule has 1 atom stereocenters. The summed E-state index contributed by atoms with van der Waals surface area (Å²) in [5, 5.41) is 18.5.